The summed E-state index contributed by atoms with van der Waals surface area (Å²) in [5.74, 6) is -4.67. The van der Waals surface area contributed by atoms with Crippen LogP contribution in [0, 0.1) is 0 Å². The van der Waals surface area contributed by atoms with Gasteiger partial charge >= 0.3 is 11.7 Å². The maximum Gasteiger partial charge on any atom is 0.370 e. The zero-order valence-corrected chi connectivity index (χ0v) is 10.5. The molecule has 10 N–H and O–H groups in total. The molecule has 0 saturated carbocycles. The van der Waals surface area contributed by atoms with Gasteiger partial charge in [-0.05, 0) is 20.9 Å². The molecule has 0 bridgehead atoms. The van der Waals surface area contributed by atoms with Gasteiger partial charge in [0, 0.05) is 29.6 Å². The molecular weight excluding hydrogens is 255 g/mol. The van der Waals surface area contributed by atoms with Gasteiger partial charge in [0.25, 0.3) is 0 Å². The van der Waals surface area contributed by atoms with Crippen LogP contribution in [-0.2, 0) is 0 Å². The normalized spacial score (nSPS) is 19.2. The average Bonchev–Trinajstić information content (AvgIpc) is 2.60. The Labute approximate surface area is 115 Å². The van der Waals surface area contributed by atoms with Crippen molar-refractivity contribution in [3.05, 3.63) is 0 Å². The van der Waals surface area contributed by atoms with E-state index >= 15 is 0 Å². The van der Waals surface area contributed by atoms with Crippen LogP contribution in [0.4, 0.5) is 0 Å². The molecule has 2 aliphatic rings. The van der Waals surface area contributed by atoms with Crippen LogP contribution in [0.3, 0.4) is 0 Å². The van der Waals surface area contributed by atoms with E-state index in [2.05, 4.69) is 41.4 Å². The average molecular weight is 265 g/mol. The molecule has 14 nitrogen and oxygen atoms in total. The molecule has 1 radical (unpaired) electrons. The molecule has 2 rings (SSSR count). The summed E-state index contributed by atoms with van der Waals surface area (Å²) in [7, 11) is 0. The predicted octanol–water partition coefficient (Wildman–Crippen LogP) is -3.74. The Hall–Kier alpha value is -0.840. The molecule has 2 aliphatic heterocycles. The predicted molar refractivity (Wildman–Crippen MR) is 49.5 cm³/mol. The van der Waals surface area contributed by atoms with Crippen molar-refractivity contribution in [2.75, 3.05) is 0 Å². The van der Waals surface area contributed by atoms with E-state index in [1.54, 1.807) is 0 Å². The molecule has 0 aromatic heterocycles. The van der Waals surface area contributed by atoms with Crippen molar-refractivity contribution in [2.24, 2.45) is 41.4 Å². The van der Waals surface area contributed by atoms with Gasteiger partial charge in [0.2, 0.25) is 0 Å². The van der Waals surface area contributed by atoms with E-state index in [-0.39, 0.29) is 51.5 Å². The van der Waals surface area contributed by atoms with Gasteiger partial charge in [0.15, 0.2) is 0 Å². The van der Waals surface area contributed by atoms with Crippen LogP contribution in [-0.4, -0.2) is 73.4 Å². The van der Waals surface area contributed by atoms with Crippen LogP contribution in [0.1, 0.15) is 0 Å². The Morgan fingerprint density at radius 1 is 0.529 bits per heavy atom. The zero-order chi connectivity index (χ0) is 8.66. The van der Waals surface area contributed by atoms with E-state index in [1.165, 1.54) is 0 Å². The third kappa shape index (κ3) is 3.84. The molecule has 0 atom stereocenters. The largest absolute Gasteiger partial charge is 0.412 e. The van der Waals surface area contributed by atoms with Crippen LogP contribution >= 0.6 is 0 Å². The first-order chi connectivity index (χ1) is 5.66. The first kappa shape index (κ1) is 25.1. The molecule has 0 unspecified atom stereocenters. The smallest absolute Gasteiger partial charge is 0.370 e. The van der Waals surface area contributed by atoms with Crippen LogP contribution in [0.25, 0.3) is 0 Å². The minimum atomic E-state index is -2.34. The zero-order valence-electron chi connectivity index (χ0n) is 8.47. The minimum Gasteiger partial charge on any atom is -0.412 e. The molecule has 0 aromatic carbocycles. The Morgan fingerprint density at radius 2 is 0.706 bits per heavy atom. The third-order valence-electron chi connectivity index (χ3n) is 1.27. The number of aliphatic hydroxyl groups is 2. The topological polar surface area (TPSA) is 265 Å². The molecule has 2 heterocycles. The summed E-state index contributed by atoms with van der Waals surface area (Å²) in [6.07, 6.45) is 0. The summed E-state index contributed by atoms with van der Waals surface area (Å²) in [4.78, 5) is 0. The van der Waals surface area contributed by atoms with Crippen molar-refractivity contribution >= 4 is 29.6 Å². The summed E-state index contributed by atoms with van der Waals surface area (Å²) in [5.41, 5.74) is 0. The molecule has 15 heteroatoms. The second kappa shape index (κ2) is 8.28. The molecular formula is C2H10N8NaO6. The van der Waals surface area contributed by atoms with Crippen molar-refractivity contribution < 1.29 is 32.1 Å². The Kier molecular flexibility index (Phi) is 12.2. The van der Waals surface area contributed by atoms with Gasteiger partial charge in [0.1, 0.15) is 0 Å². The van der Waals surface area contributed by atoms with Crippen molar-refractivity contribution in [3.8, 4) is 0 Å². The Bertz CT molecular complexity index is 272. The van der Waals surface area contributed by atoms with E-state index < -0.39 is 11.7 Å². The Morgan fingerprint density at radius 3 is 0.882 bits per heavy atom. The Balaban J connectivity index is -0.000000169. The van der Waals surface area contributed by atoms with E-state index in [0.29, 0.717) is 0 Å². The summed E-state index contributed by atoms with van der Waals surface area (Å²) in [6, 6.07) is 0. The van der Waals surface area contributed by atoms with Crippen molar-refractivity contribution in [1.29, 1.82) is 0 Å². The summed E-state index contributed by atoms with van der Waals surface area (Å²) < 4.78 is 0. The quantitative estimate of drug-likeness (QED) is 0.452. The van der Waals surface area contributed by atoms with Gasteiger partial charge in [-0.25, -0.2) is 0 Å². The van der Waals surface area contributed by atoms with Gasteiger partial charge in [-0.3, -0.25) is 0 Å². The first-order valence-electron chi connectivity index (χ1n) is 2.79. The second-order valence-corrected chi connectivity index (χ2v) is 2.03. The SMILES string of the molecule is O.O.O.O.OC1(C2(O)N=NN=N2)N=NN=N1.[Na]. The van der Waals surface area contributed by atoms with E-state index in [4.69, 9.17) is 0 Å². The molecule has 0 amide bonds. The van der Waals surface area contributed by atoms with Crippen LogP contribution in [0.15, 0.2) is 41.4 Å². The maximum absolute atomic E-state index is 9.37. The van der Waals surface area contributed by atoms with Gasteiger partial charge in [-0.15, -0.1) is 0 Å². The number of nitrogens with zero attached hydrogens (tertiary/aromatic N) is 8. The summed E-state index contributed by atoms with van der Waals surface area (Å²) in [6.45, 7) is 0. The van der Waals surface area contributed by atoms with Gasteiger partial charge in [0.05, 0.1) is 0 Å². The number of hydrogen-bond donors (Lipinski definition) is 2. The number of rotatable bonds is 1. The summed E-state index contributed by atoms with van der Waals surface area (Å²) >= 11 is 0. The first-order valence-corrected chi connectivity index (χ1v) is 2.79. The molecule has 0 saturated heterocycles. The second-order valence-electron chi connectivity index (χ2n) is 2.03. The van der Waals surface area contributed by atoms with E-state index in [9.17, 15) is 10.2 Å². The molecule has 0 aromatic rings. The van der Waals surface area contributed by atoms with Crippen LogP contribution < -0.4 is 0 Å². The molecule has 95 valence electrons. The number of hydrogen-bond acceptors (Lipinski definition) is 10. The van der Waals surface area contributed by atoms with Crippen LogP contribution in [0.5, 0.6) is 0 Å². The van der Waals surface area contributed by atoms with Gasteiger partial charge in [-0.2, -0.15) is 0 Å². The van der Waals surface area contributed by atoms with Gasteiger partial charge in [-0.1, -0.05) is 20.5 Å². The van der Waals surface area contributed by atoms with E-state index in [0.717, 1.165) is 0 Å². The summed E-state index contributed by atoms with van der Waals surface area (Å²) in [5, 5.41) is 43.2. The van der Waals surface area contributed by atoms with Crippen molar-refractivity contribution in [2.45, 2.75) is 11.7 Å². The third-order valence-corrected chi connectivity index (χ3v) is 1.27. The maximum atomic E-state index is 9.37. The van der Waals surface area contributed by atoms with Gasteiger partial charge < -0.3 is 32.1 Å². The van der Waals surface area contributed by atoms with Crippen molar-refractivity contribution in [1.82, 2.24) is 0 Å². The fraction of sp³-hybridized carbons (Fsp3) is 1.00. The van der Waals surface area contributed by atoms with Crippen molar-refractivity contribution in [3.63, 3.8) is 0 Å². The molecule has 0 aliphatic carbocycles. The fourth-order valence-corrected chi connectivity index (χ4v) is 0.638. The fourth-order valence-electron chi connectivity index (χ4n) is 0.638. The van der Waals surface area contributed by atoms with Crippen LogP contribution in [0.2, 0.25) is 0 Å². The molecule has 0 spiro atoms. The van der Waals surface area contributed by atoms with E-state index in [1.807, 2.05) is 0 Å². The molecule has 17 heavy (non-hydrogen) atoms. The standard InChI is InChI=1S/C2H2N8O2.Na.4H2O/c11-1(3-7-8-4-1)2(12)5-9-10-6-2;;;;;/h11-12H;;4*1H2. The monoisotopic (exact) mass is 265 g/mol. The minimum absolute atomic E-state index is 0. The molecule has 0 fully saturated rings.